The van der Waals surface area contributed by atoms with Crippen molar-refractivity contribution in [2.24, 2.45) is 0 Å². The summed E-state index contributed by atoms with van der Waals surface area (Å²) >= 11 is -1.52. The molecule has 2 atom stereocenters. The van der Waals surface area contributed by atoms with E-state index in [0.29, 0.717) is 0 Å². The van der Waals surface area contributed by atoms with Crippen molar-refractivity contribution in [3.63, 3.8) is 0 Å². The van der Waals surface area contributed by atoms with Crippen LogP contribution in [0.15, 0.2) is 0 Å². The van der Waals surface area contributed by atoms with Crippen molar-refractivity contribution in [1.82, 2.24) is 0 Å². The van der Waals surface area contributed by atoms with E-state index >= 15 is 0 Å². The molecule has 0 spiro atoms. The highest BCUT2D eigenvalue weighted by atomic mass is 32.2. The van der Waals surface area contributed by atoms with Crippen LogP contribution >= 0.6 is 0 Å². The monoisotopic (exact) mass is 164 g/mol. The van der Waals surface area contributed by atoms with Crippen LogP contribution in [0.25, 0.3) is 0 Å². The molecule has 0 saturated carbocycles. The van der Waals surface area contributed by atoms with Crippen molar-refractivity contribution in [1.29, 1.82) is 0 Å². The second kappa shape index (κ2) is 3.46. The van der Waals surface area contributed by atoms with E-state index in [-0.39, 0.29) is 12.2 Å². The van der Waals surface area contributed by atoms with E-state index in [4.69, 9.17) is 8.37 Å². The van der Waals surface area contributed by atoms with E-state index in [1.165, 1.54) is 0 Å². The molecule has 1 aliphatic rings. The fraction of sp³-hybridized carbons (Fsp3) is 1.00. The summed E-state index contributed by atoms with van der Waals surface area (Å²) in [6.45, 7) is 3.80. The molecule has 0 bridgehead atoms. The van der Waals surface area contributed by atoms with Gasteiger partial charge in [-0.2, -0.15) is 4.21 Å². The summed E-state index contributed by atoms with van der Waals surface area (Å²) in [5.74, 6) is 0. The lowest BCUT2D eigenvalue weighted by atomic mass is 10.1. The average molecular weight is 164 g/mol. The van der Waals surface area contributed by atoms with Crippen LogP contribution in [0.3, 0.4) is 0 Å². The molecular weight excluding hydrogens is 152 g/mol. The summed E-state index contributed by atoms with van der Waals surface area (Å²) in [6.07, 6.45) is 1.97. The van der Waals surface area contributed by atoms with Gasteiger partial charge in [0.1, 0.15) is 0 Å². The SMILES string of the molecule is CC1CCC(C)OS(=O)O1. The minimum atomic E-state index is -1.52. The Morgan fingerprint density at radius 1 is 1.20 bits per heavy atom. The van der Waals surface area contributed by atoms with Gasteiger partial charge >= 0.3 is 11.4 Å². The van der Waals surface area contributed by atoms with Gasteiger partial charge in [-0.15, -0.1) is 0 Å². The normalized spacial score (nSPS) is 42.8. The smallest absolute Gasteiger partial charge is 0.265 e. The Hall–Kier alpha value is 0.0700. The average Bonchev–Trinajstić information content (AvgIpc) is 1.93. The van der Waals surface area contributed by atoms with Gasteiger partial charge in [0.15, 0.2) is 0 Å². The standard InChI is InChI=1S/C6H12O3S/c1-5-3-4-6(2)9-10(7)8-5/h5-6H,3-4H2,1-2H3. The molecule has 4 heteroatoms. The van der Waals surface area contributed by atoms with Gasteiger partial charge in [0.05, 0.1) is 12.2 Å². The maximum Gasteiger partial charge on any atom is 0.305 e. The van der Waals surface area contributed by atoms with Crippen LogP contribution in [0, 0.1) is 0 Å². The second-order valence-electron chi connectivity index (χ2n) is 2.60. The lowest BCUT2D eigenvalue weighted by Gasteiger charge is -2.03. The molecular formula is C6H12O3S. The summed E-state index contributed by atoms with van der Waals surface area (Å²) in [6, 6.07) is 0. The molecule has 0 radical (unpaired) electrons. The minimum absolute atomic E-state index is 0.0609. The first-order chi connectivity index (χ1) is 4.68. The molecule has 1 saturated heterocycles. The number of hydrogen-bond donors (Lipinski definition) is 0. The molecule has 0 aromatic heterocycles. The predicted octanol–water partition coefficient (Wildman–Crippen LogP) is 1.17. The van der Waals surface area contributed by atoms with Crippen LogP contribution in [0.4, 0.5) is 0 Å². The molecule has 0 N–H and O–H groups in total. The van der Waals surface area contributed by atoms with Crippen LogP contribution in [0.5, 0.6) is 0 Å². The summed E-state index contributed by atoms with van der Waals surface area (Å²) < 4.78 is 20.6. The molecule has 1 fully saturated rings. The zero-order chi connectivity index (χ0) is 7.56. The summed E-state index contributed by atoms with van der Waals surface area (Å²) in [4.78, 5) is 0. The van der Waals surface area contributed by atoms with Crippen molar-refractivity contribution in [3.05, 3.63) is 0 Å². The molecule has 3 nitrogen and oxygen atoms in total. The Kier molecular flexibility index (Phi) is 2.82. The fourth-order valence-corrected chi connectivity index (χ4v) is 1.63. The van der Waals surface area contributed by atoms with Gasteiger partial charge in [-0.05, 0) is 26.7 Å². The molecule has 1 aliphatic heterocycles. The first kappa shape index (κ1) is 8.17. The maximum atomic E-state index is 10.8. The highest BCUT2D eigenvalue weighted by molar-refractivity contribution is 7.75. The Morgan fingerprint density at radius 3 is 2.00 bits per heavy atom. The quantitative estimate of drug-likeness (QED) is 0.539. The first-order valence-corrected chi connectivity index (χ1v) is 4.44. The summed E-state index contributed by atoms with van der Waals surface area (Å²) in [5.41, 5.74) is 0. The molecule has 1 rings (SSSR count). The summed E-state index contributed by atoms with van der Waals surface area (Å²) in [5, 5.41) is 0. The Morgan fingerprint density at radius 2 is 1.60 bits per heavy atom. The van der Waals surface area contributed by atoms with Gasteiger partial charge in [-0.1, -0.05) is 0 Å². The maximum absolute atomic E-state index is 10.8. The topological polar surface area (TPSA) is 35.5 Å². The summed E-state index contributed by atoms with van der Waals surface area (Å²) in [7, 11) is 0. The van der Waals surface area contributed by atoms with E-state index in [0.717, 1.165) is 12.8 Å². The van der Waals surface area contributed by atoms with E-state index in [1.807, 2.05) is 13.8 Å². The molecule has 60 valence electrons. The van der Waals surface area contributed by atoms with Crippen molar-refractivity contribution >= 4 is 11.4 Å². The molecule has 0 amide bonds. The van der Waals surface area contributed by atoms with Crippen LogP contribution in [0.2, 0.25) is 0 Å². The molecule has 0 aromatic carbocycles. The van der Waals surface area contributed by atoms with Crippen molar-refractivity contribution in [2.75, 3.05) is 0 Å². The van der Waals surface area contributed by atoms with E-state index in [1.54, 1.807) is 0 Å². The third kappa shape index (κ3) is 2.36. The van der Waals surface area contributed by atoms with E-state index in [9.17, 15) is 4.21 Å². The zero-order valence-electron chi connectivity index (χ0n) is 6.20. The van der Waals surface area contributed by atoms with Crippen LogP contribution in [0.1, 0.15) is 26.7 Å². The van der Waals surface area contributed by atoms with Gasteiger partial charge < -0.3 is 0 Å². The molecule has 0 aromatic rings. The lowest BCUT2D eigenvalue weighted by molar-refractivity contribution is 0.208. The van der Waals surface area contributed by atoms with Crippen molar-refractivity contribution in [2.45, 2.75) is 38.9 Å². The minimum Gasteiger partial charge on any atom is -0.265 e. The Labute approximate surface area is 63.6 Å². The van der Waals surface area contributed by atoms with Crippen LogP contribution in [-0.2, 0) is 19.7 Å². The molecule has 1 heterocycles. The van der Waals surface area contributed by atoms with Gasteiger partial charge in [-0.25, -0.2) is 0 Å². The highest BCUT2D eigenvalue weighted by Crippen LogP contribution is 2.15. The fourth-order valence-electron chi connectivity index (χ4n) is 0.857. The number of rotatable bonds is 0. The molecule has 0 aliphatic carbocycles. The van der Waals surface area contributed by atoms with Gasteiger partial charge in [0.2, 0.25) is 0 Å². The van der Waals surface area contributed by atoms with E-state index < -0.39 is 11.4 Å². The predicted molar refractivity (Wildman–Crippen MR) is 38.5 cm³/mol. The van der Waals surface area contributed by atoms with Crippen LogP contribution in [-0.4, -0.2) is 16.4 Å². The Balaban J connectivity index is 2.46. The Bertz CT molecular complexity index is 123. The van der Waals surface area contributed by atoms with E-state index in [2.05, 4.69) is 0 Å². The first-order valence-electron chi connectivity index (χ1n) is 3.44. The zero-order valence-corrected chi connectivity index (χ0v) is 7.02. The molecule has 10 heavy (non-hydrogen) atoms. The number of hydrogen-bond acceptors (Lipinski definition) is 3. The third-order valence-electron chi connectivity index (χ3n) is 1.47. The lowest BCUT2D eigenvalue weighted by Crippen LogP contribution is -2.08. The second-order valence-corrected chi connectivity index (χ2v) is 3.39. The van der Waals surface area contributed by atoms with Crippen LogP contribution < -0.4 is 0 Å². The third-order valence-corrected chi connectivity index (χ3v) is 2.44. The van der Waals surface area contributed by atoms with Gasteiger partial charge in [0.25, 0.3) is 0 Å². The molecule has 2 unspecified atom stereocenters. The van der Waals surface area contributed by atoms with Crippen molar-refractivity contribution < 1.29 is 12.6 Å². The van der Waals surface area contributed by atoms with Gasteiger partial charge in [-0.3, -0.25) is 8.37 Å². The van der Waals surface area contributed by atoms with Gasteiger partial charge in [0, 0.05) is 0 Å². The van der Waals surface area contributed by atoms with Crippen molar-refractivity contribution in [3.8, 4) is 0 Å². The highest BCUT2D eigenvalue weighted by Gasteiger charge is 2.18. The largest absolute Gasteiger partial charge is 0.305 e.